The van der Waals surface area contributed by atoms with Crippen LogP contribution in [0.1, 0.15) is 19.4 Å². The molecular formula is C13H16O3. The van der Waals surface area contributed by atoms with Gasteiger partial charge in [0.25, 0.3) is 0 Å². The highest BCUT2D eigenvalue weighted by molar-refractivity contribution is 5.85. The van der Waals surface area contributed by atoms with Gasteiger partial charge in [0.15, 0.2) is 11.6 Å². The lowest BCUT2D eigenvalue weighted by Gasteiger charge is -2.16. The summed E-state index contributed by atoms with van der Waals surface area (Å²) in [4.78, 5) is 11.9. The van der Waals surface area contributed by atoms with Gasteiger partial charge >= 0.3 is 0 Å². The van der Waals surface area contributed by atoms with E-state index in [1.807, 2.05) is 44.2 Å². The van der Waals surface area contributed by atoms with Crippen LogP contribution in [0.5, 0.6) is 0 Å². The highest BCUT2D eigenvalue weighted by Gasteiger charge is 2.36. The van der Waals surface area contributed by atoms with Gasteiger partial charge in [0, 0.05) is 6.42 Å². The maximum absolute atomic E-state index is 11.9. The molecular weight excluding hydrogens is 204 g/mol. The van der Waals surface area contributed by atoms with E-state index in [0.717, 1.165) is 5.56 Å². The van der Waals surface area contributed by atoms with E-state index >= 15 is 0 Å². The Morgan fingerprint density at radius 2 is 2.06 bits per heavy atom. The summed E-state index contributed by atoms with van der Waals surface area (Å²) in [6, 6.07) is 9.68. The number of rotatable bonds is 3. The van der Waals surface area contributed by atoms with E-state index < -0.39 is 11.9 Å². The summed E-state index contributed by atoms with van der Waals surface area (Å²) >= 11 is 0. The van der Waals surface area contributed by atoms with Gasteiger partial charge < -0.3 is 9.47 Å². The fourth-order valence-electron chi connectivity index (χ4n) is 1.76. The van der Waals surface area contributed by atoms with E-state index in [-0.39, 0.29) is 5.78 Å². The molecule has 1 aromatic carbocycles. The normalized spacial score (nSPS) is 23.2. The van der Waals surface area contributed by atoms with Crippen LogP contribution in [-0.2, 0) is 20.7 Å². The Bertz CT molecular complexity index is 370. The molecule has 0 spiro atoms. The summed E-state index contributed by atoms with van der Waals surface area (Å²) in [5.41, 5.74) is 1.01. The topological polar surface area (TPSA) is 35.5 Å². The molecule has 1 aliphatic heterocycles. The molecule has 0 saturated carbocycles. The van der Waals surface area contributed by atoms with Gasteiger partial charge in [-0.25, -0.2) is 0 Å². The molecule has 3 heteroatoms. The van der Waals surface area contributed by atoms with Crippen LogP contribution in [-0.4, -0.2) is 24.3 Å². The third-order valence-corrected chi connectivity index (χ3v) is 2.59. The van der Waals surface area contributed by atoms with Gasteiger partial charge in [0.05, 0.1) is 6.61 Å². The van der Waals surface area contributed by atoms with Crippen LogP contribution < -0.4 is 0 Å². The molecule has 1 aliphatic rings. The Hall–Kier alpha value is -1.19. The quantitative estimate of drug-likeness (QED) is 0.781. The van der Waals surface area contributed by atoms with Crippen molar-refractivity contribution in [3.63, 3.8) is 0 Å². The number of carbonyl (C=O) groups is 1. The molecule has 1 aromatic rings. The number of ketones is 1. The first-order chi connectivity index (χ1) is 7.57. The van der Waals surface area contributed by atoms with Gasteiger partial charge in [-0.3, -0.25) is 4.79 Å². The number of ether oxygens (including phenoxy) is 2. The second kappa shape index (κ2) is 4.36. The Balaban J connectivity index is 1.95. The monoisotopic (exact) mass is 220 g/mol. The van der Waals surface area contributed by atoms with Crippen molar-refractivity contribution in [3.05, 3.63) is 35.9 Å². The van der Waals surface area contributed by atoms with Crippen LogP contribution >= 0.6 is 0 Å². The van der Waals surface area contributed by atoms with Crippen molar-refractivity contribution in [2.75, 3.05) is 6.61 Å². The Kier molecular flexibility index (Phi) is 3.08. The largest absolute Gasteiger partial charge is 0.347 e. The number of carbonyl (C=O) groups excluding carboxylic acids is 1. The molecule has 86 valence electrons. The fourth-order valence-corrected chi connectivity index (χ4v) is 1.76. The molecule has 0 N–H and O–H groups in total. The molecule has 1 fully saturated rings. The summed E-state index contributed by atoms with van der Waals surface area (Å²) < 4.78 is 10.9. The first-order valence-electron chi connectivity index (χ1n) is 5.45. The van der Waals surface area contributed by atoms with Gasteiger partial charge in [-0.2, -0.15) is 0 Å². The molecule has 0 radical (unpaired) electrons. The highest BCUT2D eigenvalue weighted by Crippen LogP contribution is 2.23. The number of hydrogen-bond acceptors (Lipinski definition) is 3. The molecule has 0 amide bonds. The molecule has 3 nitrogen and oxygen atoms in total. The molecule has 0 aromatic heterocycles. The van der Waals surface area contributed by atoms with E-state index in [2.05, 4.69) is 0 Å². The molecule has 0 aliphatic carbocycles. The number of hydrogen-bond donors (Lipinski definition) is 0. The average Bonchev–Trinajstić information content (AvgIpc) is 2.60. The van der Waals surface area contributed by atoms with E-state index in [9.17, 15) is 4.79 Å². The lowest BCUT2D eigenvalue weighted by atomic mass is 10.1. The van der Waals surface area contributed by atoms with E-state index in [1.165, 1.54) is 0 Å². The molecule has 0 unspecified atom stereocenters. The predicted molar refractivity (Wildman–Crippen MR) is 60.1 cm³/mol. The first kappa shape index (κ1) is 11.3. The predicted octanol–water partition coefficient (Wildman–Crippen LogP) is 1.95. The smallest absolute Gasteiger partial charge is 0.168 e. The molecule has 1 heterocycles. The van der Waals surface area contributed by atoms with Gasteiger partial charge in [-0.1, -0.05) is 30.3 Å². The van der Waals surface area contributed by atoms with Gasteiger partial charge in [-0.15, -0.1) is 0 Å². The van der Waals surface area contributed by atoms with Crippen LogP contribution in [0.3, 0.4) is 0 Å². The minimum Gasteiger partial charge on any atom is -0.347 e. The third-order valence-electron chi connectivity index (χ3n) is 2.59. The van der Waals surface area contributed by atoms with E-state index in [4.69, 9.17) is 9.47 Å². The summed E-state index contributed by atoms with van der Waals surface area (Å²) in [7, 11) is 0. The van der Waals surface area contributed by atoms with Gasteiger partial charge in [0.1, 0.15) is 6.10 Å². The van der Waals surface area contributed by atoms with E-state index in [1.54, 1.807) is 0 Å². The van der Waals surface area contributed by atoms with Crippen molar-refractivity contribution in [1.29, 1.82) is 0 Å². The minimum absolute atomic E-state index is 0.0803. The van der Waals surface area contributed by atoms with Crippen molar-refractivity contribution >= 4 is 5.78 Å². The third kappa shape index (κ3) is 2.68. The van der Waals surface area contributed by atoms with Crippen molar-refractivity contribution in [2.24, 2.45) is 0 Å². The second-order valence-corrected chi connectivity index (χ2v) is 4.45. The summed E-state index contributed by atoms with van der Waals surface area (Å²) in [5.74, 6) is -0.548. The van der Waals surface area contributed by atoms with Crippen molar-refractivity contribution < 1.29 is 14.3 Å². The SMILES string of the molecule is CC1(C)OC[C@H](C(=O)Cc2ccccc2)O1. The molecule has 1 saturated heterocycles. The Labute approximate surface area is 95.4 Å². The maximum Gasteiger partial charge on any atom is 0.168 e. The minimum atomic E-state index is -0.628. The van der Waals surface area contributed by atoms with Crippen LogP contribution in [0.2, 0.25) is 0 Å². The Morgan fingerprint density at radius 1 is 1.38 bits per heavy atom. The fraction of sp³-hybridized carbons (Fsp3) is 0.462. The molecule has 0 bridgehead atoms. The average molecular weight is 220 g/mol. The molecule has 2 rings (SSSR count). The Morgan fingerprint density at radius 3 is 2.62 bits per heavy atom. The van der Waals surface area contributed by atoms with Gasteiger partial charge in [0.2, 0.25) is 0 Å². The van der Waals surface area contributed by atoms with Crippen LogP contribution in [0.25, 0.3) is 0 Å². The zero-order chi connectivity index (χ0) is 11.6. The van der Waals surface area contributed by atoms with Crippen molar-refractivity contribution in [1.82, 2.24) is 0 Å². The van der Waals surface area contributed by atoms with Crippen LogP contribution in [0.4, 0.5) is 0 Å². The summed E-state index contributed by atoms with van der Waals surface area (Å²) in [5, 5.41) is 0. The highest BCUT2D eigenvalue weighted by atomic mass is 16.7. The zero-order valence-electron chi connectivity index (χ0n) is 9.60. The van der Waals surface area contributed by atoms with Crippen molar-refractivity contribution in [3.8, 4) is 0 Å². The number of Topliss-reactive ketones (excluding diaryl/α,β-unsaturated/α-hetero) is 1. The lowest BCUT2D eigenvalue weighted by molar-refractivity contribution is -0.151. The van der Waals surface area contributed by atoms with Gasteiger partial charge in [-0.05, 0) is 19.4 Å². The van der Waals surface area contributed by atoms with E-state index in [0.29, 0.717) is 13.0 Å². The lowest BCUT2D eigenvalue weighted by Crippen LogP contribution is -2.28. The van der Waals surface area contributed by atoms with Crippen molar-refractivity contribution in [2.45, 2.75) is 32.2 Å². The number of benzene rings is 1. The first-order valence-corrected chi connectivity index (χ1v) is 5.45. The standard InChI is InChI=1S/C13H16O3/c1-13(2)15-9-12(16-13)11(14)8-10-6-4-3-5-7-10/h3-7,12H,8-9H2,1-2H3/t12-/m1/s1. The molecule has 16 heavy (non-hydrogen) atoms. The van der Waals surface area contributed by atoms with Crippen LogP contribution in [0.15, 0.2) is 30.3 Å². The summed E-state index contributed by atoms with van der Waals surface area (Å²) in [6.45, 7) is 4.00. The zero-order valence-corrected chi connectivity index (χ0v) is 9.60. The van der Waals surface area contributed by atoms with Crippen LogP contribution in [0, 0.1) is 0 Å². The summed E-state index contributed by atoms with van der Waals surface area (Å²) in [6.07, 6.45) is -0.0134. The molecule has 1 atom stereocenters. The maximum atomic E-state index is 11.9. The second-order valence-electron chi connectivity index (χ2n) is 4.45.